The molecule has 0 atom stereocenters. The standard InChI is InChI=1S/C27H31F5N6O5S/c1-24(2,3)38(23(40)43-25(4,5)6)44(41,42)19-14-17(7-10-34-19)35-22(39)18-13-16(15-33)20(27(30,31)32)36-21(18)37-11-8-26(28,29)9-12-37/h7,10,13-14H,8-9,11-12H2,1-6H3,(H,34,35,39). The smallest absolute Gasteiger partial charge is 0.434 e. The Morgan fingerprint density at radius 3 is 2.18 bits per heavy atom. The van der Waals surface area contributed by atoms with Crippen LogP contribution in [0.15, 0.2) is 29.4 Å². The van der Waals surface area contributed by atoms with Gasteiger partial charge in [0, 0.05) is 43.9 Å². The first-order valence-electron chi connectivity index (χ1n) is 13.2. The molecular formula is C27H31F5N6O5S. The molecule has 17 heteroatoms. The van der Waals surface area contributed by atoms with Crippen molar-refractivity contribution in [2.45, 2.75) is 82.6 Å². The summed E-state index contributed by atoms with van der Waals surface area (Å²) < 4.78 is 102. The number of anilines is 2. The lowest BCUT2D eigenvalue weighted by molar-refractivity contribution is -0.141. The van der Waals surface area contributed by atoms with Crippen molar-refractivity contribution >= 4 is 33.5 Å². The zero-order valence-electron chi connectivity index (χ0n) is 24.7. The summed E-state index contributed by atoms with van der Waals surface area (Å²) in [5, 5.41) is 11.0. The number of halogens is 5. The van der Waals surface area contributed by atoms with Crippen LogP contribution in [0, 0.1) is 11.3 Å². The zero-order valence-corrected chi connectivity index (χ0v) is 25.5. The summed E-state index contributed by atoms with van der Waals surface area (Å²) in [7, 11) is -4.69. The number of hydrogen-bond acceptors (Lipinski definition) is 9. The predicted molar refractivity (Wildman–Crippen MR) is 148 cm³/mol. The number of ether oxygens (including phenoxy) is 1. The number of carbonyl (C=O) groups excluding carboxylic acids is 2. The number of sulfonamides is 1. The summed E-state index contributed by atoms with van der Waals surface area (Å²) >= 11 is 0. The highest BCUT2D eigenvalue weighted by Crippen LogP contribution is 2.36. The van der Waals surface area contributed by atoms with E-state index < -0.39 is 98.9 Å². The Morgan fingerprint density at radius 1 is 1.09 bits per heavy atom. The Hall–Kier alpha value is -4.07. The van der Waals surface area contributed by atoms with E-state index in [0.717, 1.165) is 17.2 Å². The quantitative estimate of drug-likeness (QED) is 0.412. The van der Waals surface area contributed by atoms with Gasteiger partial charge in [-0.05, 0) is 53.7 Å². The van der Waals surface area contributed by atoms with Crippen molar-refractivity contribution in [3.63, 3.8) is 0 Å². The fourth-order valence-electron chi connectivity index (χ4n) is 4.21. The number of pyridine rings is 2. The van der Waals surface area contributed by atoms with Gasteiger partial charge in [0.05, 0.1) is 16.7 Å². The minimum Gasteiger partial charge on any atom is -0.443 e. The number of nitrogens with one attached hydrogen (secondary N) is 1. The summed E-state index contributed by atoms with van der Waals surface area (Å²) in [5.41, 5.74) is -5.67. The lowest BCUT2D eigenvalue weighted by Crippen LogP contribution is -2.51. The topological polar surface area (TPSA) is 146 Å². The van der Waals surface area contributed by atoms with E-state index in [9.17, 15) is 45.2 Å². The molecule has 2 aromatic rings. The maximum atomic E-state index is 13.8. The third-order valence-electron chi connectivity index (χ3n) is 6.10. The van der Waals surface area contributed by atoms with Gasteiger partial charge in [-0.3, -0.25) is 4.79 Å². The maximum absolute atomic E-state index is 13.8. The van der Waals surface area contributed by atoms with E-state index in [1.807, 2.05) is 0 Å². The van der Waals surface area contributed by atoms with Gasteiger partial charge in [0.15, 0.2) is 10.7 Å². The molecule has 1 aliphatic heterocycles. The highest BCUT2D eigenvalue weighted by Gasteiger charge is 2.43. The minimum atomic E-state index is -5.09. The molecule has 1 saturated heterocycles. The molecule has 0 saturated carbocycles. The molecule has 1 fully saturated rings. The number of carbonyl (C=O) groups is 2. The summed E-state index contributed by atoms with van der Waals surface area (Å²) in [5.74, 6) is -4.74. The SMILES string of the molecule is CC(C)(C)OC(=O)N(C(C)(C)C)S(=O)(=O)c1cc(NC(=O)c2cc(C#N)c(C(F)(F)F)nc2N2CCC(F)(F)CC2)ccn1. The molecule has 0 unspecified atom stereocenters. The highest BCUT2D eigenvalue weighted by molar-refractivity contribution is 7.89. The average molecular weight is 647 g/mol. The van der Waals surface area contributed by atoms with E-state index in [-0.39, 0.29) is 5.69 Å². The van der Waals surface area contributed by atoms with Gasteiger partial charge in [0.25, 0.3) is 21.9 Å². The molecule has 11 nitrogen and oxygen atoms in total. The van der Waals surface area contributed by atoms with Gasteiger partial charge in [-0.25, -0.2) is 23.5 Å². The first-order valence-corrected chi connectivity index (χ1v) is 14.6. The summed E-state index contributed by atoms with van der Waals surface area (Å²) in [4.78, 5) is 34.7. The number of piperidine rings is 1. The molecular weight excluding hydrogens is 615 g/mol. The van der Waals surface area contributed by atoms with Crippen LogP contribution in [0.4, 0.5) is 38.3 Å². The summed E-state index contributed by atoms with van der Waals surface area (Å²) in [6.07, 6.45) is -6.67. The fourth-order valence-corrected chi connectivity index (χ4v) is 5.83. The number of amides is 2. The predicted octanol–water partition coefficient (Wildman–Crippen LogP) is 5.58. The van der Waals surface area contributed by atoms with Gasteiger partial charge in [0.2, 0.25) is 0 Å². The first-order chi connectivity index (χ1) is 20.0. The lowest BCUT2D eigenvalue weighted by atomic mass is 10.0. The largest absolute Gasteiger partial charge is 0.443 e. The molecule has 240 valence electrons. The van der Waals surface area contributed by atoms with Crippen LogP contribution < -0.4 is 10.2 Å². The molecule has 2 amide bonds. The Morgan fingerprint density at radius 2 is 1.68 bits per heavy atom. The maximum Gasteiger partial charge on any atom is 0.434 e. The molecule has 1 N–H and O–H groups in total. The molecule has 0 bridgehead atoms. The third kappa shape index (κ3) is 7.90. The van der Waals surface area contributed by atoms with Crippen LogP contribution in [0.1, 0.15) is 76.0 Å². The average Bonchev–Trinajstić information content (AvgIpc) is 2.85. The number of nitrogens with zero attached hydrogens (tertiary/aromatic N) is 5. The van der Waals surface area contributed by atoms with Crippen LogP contribution in [0.3, 0.4) is 0 Å². The van der Waals surface area contributed by atoms with E-state index in [1.54, 1.807) is 20.8 Å². The van der Waals surface area contributed by atoms with Crippen molar-refractivity contribution in [1.82, 2.24) is 14.3 Å². The molecule has 0 aromatic carbocycles. The molecule has 0 aliphatic carbocycles. The number of aromatic nitrogens is 2. The molecule has 44 heavy (non-hydrogen) atoms. The van der Waals surface area contributed by atoms with E-state index in [0.29, 0.717) is 10.4 Å². The Labute approximate surface area is 251 Å². The minimum absolute atomic E-state index is 0.198. The second-order valence-corrected chi connectivity index (χ2v) is 13.7. The van der Waals surface area contributed by atoms with Crippen molar-refractivity contribution in [3.05, 3.63) is 41.2 Å². The van der Waals surface area contributed by atoms with Gasteiger partial charge in [0.1, 0.15) is 17.5 Å². The van der Waals surface area contributed by atoms with E-state index in [2.05, 4.69) is 15.3 Å². The Balaban J connectivity index is 2.05. The molecule has 2 aromatic heterocycles. The van der Waals surface area contributed by atoms with Gasteiger partial charge in [-0.1, -0.05) is 0 Å². The van der Waals surface area contributed by atoms with Crippen LogP contribution in [0.5, 0.6) is 0 Å². The molecule has 0 radical (unpaired) electrons. The third-order valence-corrected chi connectivity index (χ3v) is 8.03. The van der Waals surface area contributed by atoms with Crippen LogP contribution in [-0.2, 0) is 20.9 Å². The van der Waals surface area contributed by atoms with E-state index in [1.165, 1.54) is 32.9 Å². The van der Waals surface area contributed by atoms with Crippen LogP contribution >= 0.6 is 0 Å². The molecule has 0 spiro atoms. The van der Waals surface area contributed by atoms with Crippen molar-refractivity contribution in [2.24, 2.45) is 0 Å². The van der Waals surface area contributed by atoms with Gasteiger partial charge in [-0.15, -0.1) is 0 Å². The number of alkyl halides is 5. The van der Waals surface area contributed by atoms with Crippen molar-refractivity contribution in [2.75, 3.05) is 23.3 Å². The molecule has 1 aliphatic rings. The molecule has 3 rings (SSSR count). The van der Waals surface area contributed by atoms with Gasteiger partial charge >= 0.3 is 12.3 Å². The van der Waals surface area contributed by atoms with Crippen LogP contribution in [0.2, 0.25) is 0 Å². The first kappa shape index (κ1) is 34.4. The van der Waals surface area contributed by atoms with E-state index >= 15 is 0 Å². The van der Waals surface area contributed by atoms with Gasteiger partial charge < -0.3 is 15.0 Å². The monoisotopic (exact) mass is 646 g/mol. The second kappa shape index (κ2) is 11.8. The second-order valence-electron chi connectivity index (χ2n) is 12.0. The number of rotatable bonds is 5. The highest BCUT2D eigenvalue weighted by atomic mass is 32.2. The Kier molecular flexibility index (Phi) is 9.22. The van der Waals surface area contributed by atoms with Crippen molar-refractivity contribution in [3.8, 4) is 6.07 Å². The normalized spacial score (nSPS) is 15.7. The Bertz CT molecular complexity index is 1580. The number of nitriles is 1. The lowest BCUT2D eigenvalue weighted by Gasteiger charge is -2.35. The molecule has 3 heterocycles. The van der Waals surface area contributed by atoms with Crippen molar-refractivity contribution < 1.29 is 44.7 Å². The summed E-state index contributed by atoms with van der Waals surface area (Å²) in [6, 6.07) is 4.09. The van der Waals surface area contributed by atoms with Crippen LogP contribution in [-0.4, -0.2) is 64.8 Å². The zero-order chi connectivity index (χ0) is 33.5. The summed E-state index contributed by atoms with van der Waals surface area (Å²) in [6.45, 7) is 8.13. The van der Waals surface area contributed by atoms with E-state index in [4.69, 9.17) is 4.74 Å². The fraction of sp³-hybridized carbons (Fsp3) is 0.519. The number of hydrogen-bond donors (Lipinski definition) is 1. The van der Waals surface area contributed by atoms with Crippen LogP contribution in [0.25, 0.3) is 0 Å². The van der Waals surface area contributed by atoms with Gasteiger partial charge in [-0.2, -0.15) is 31.2 Å². The van der Waals surface area contributed by atoms with Crippen molar-refractivity contribution in [1.29, 1.82) is 5.26 Å².